The number of nitrogens with one attached hydrogen (secondary N) is 1. The normalized spacial score (nSPS) is 12.6. The van der Waals surface area contributed by atoms with Crippen LogP contribution in [0.2, 0.25) is 0 Å². The van der Waals surface area contributed by atoms with Crippen molar-refractivity contribution in [1.29, 1.82) is 0 Å². The molecule has 1 amide bonds. The lowest BCUT2D eigenvalue weighted by molar-refractivity contribution is -0.121. The molecule has 0 aliphatic rings. The van der Waals surface area contributed by atoms with E-state index in [4.69, 9.17) is 5.73 Å². The van der Waals surface area contributed by atoms with E-state index in [9.17, 15) is 4.79 Å². The number of hydrogen-bond donors (Lipinski definition) is 3. The van der Waals surface area contributed by atoms with Crippen molar-refractivity contribution in [2.24, 2.45) is 5.73 Å². The van der Waals surface area contributed by atoms with Crippen molar-refractivity contribution in [3.05, 3.63) is 0 Å². The van der Waals surface area contributed by atoms with Gasteiger partial charge in [-0.25, -0.2) is 0 Å². The van der Waals surface area contributed by atoms with Crippen LogP contribution < -0.4 is 11.1 Å². The molecular formula is C7H16N2OS. The van der Waals surface area contributed by atoms with Crippen molar-refractivity contribution in [3.8, 4) is 0 Å². The summed E-state index contributed by atoms with van der Waals surface area (Å²) >= 11 is 3.91. The molecule has 66 valence electrons. The van der Waals surface area contributed by atoms with Gasteiger partial charge in [0, 0.05) is 12.3 Å². The minimum atomic E-state index is -0.463. The zero-order valence-corrected chi connectivity index (χ0v) is 7.73. The van der Waals surface area contributed by atoms with Crippen molar-refractivity contribution in [2.45, 2.75) is 25.8 Å². The van der Waals surface area contributed by atoms with E-state index in [-0.39, 0.29) is 5.91 Å². The summed E-state index contributed by atoms with van der Waals surface area (Å²) in [5.41, 5.74) is 5.41. The SMILES string of the molecule is CCCCNC(=O)[C@@H](N)CS. The minimum absolute atomic E-state index is 0.103. The first kappa shape index (κ1) is 10.8. The predicted molar refractivity (Wildman–Crippen MR) is 49.7 cm³/mol. The lowest BCUT2D eigenvalue weighted by Gasteiger charge is -2.08. The van der Waals surface area contributed by atoms with E-state index >= 15 is 0 Å². The number of rotatable bonds is 5. The first-order chi connectivity index (χ1) is 5.22. The van der Waals surface area contributed by atoms with E-state index < -0.39 is 6.04 Å². The van der Waals surface area contributed by atoms with Gasteiger partial charge in [-0.1, -0.05) is 13.3 Å². The lowest BCUT2D eigenvalue weighted by atomic mass is 10.3. The quantitative estimate of drug-likeness (QED) is 0.413. The molecule has 0 spiro atoms. The van der Waals surface area contributed by atoms with E-state index in [1.165, 1.54) is 0 Å². The Bertz CT molecular complexity index is 119. The van der Waals surface area contributed by atoms with Crippen molar-refractivity contribution in [2.75, 3.05) is 12.3 Å². The van der Waals surface area contributed by atoms with Crippen LogP contribution in [0.25, 0.3) is 0 Å². The largest absolute Gasteiger partial charge is 0.355 e. The van der Waals surface area contributed by atoms with Gasteiger partial charge >= 0.3 is 0 Å². The average Bonchev–Trinajstić information content (AvgIpc) is 2.03. The summed E-state index contributed by atoms with van der Waals surface area (Å²) in [6, 6.07) is -0.463. The van der Waals surface area contributed by atoms with Crippen LogP contribution in [0.3, 0.4) is 0 Å². The summed E-state index contributed by atoms with van der Waals surface area (Å²) in [7, 11) is 0. The first-order valence-corrected chi connectivity index (χ1v) is 4.49. The summed E-state index contributed by atoms with van der Waals surface area (Å²) in [4.78, 5) is 11.0. The Balaban J connectivity index is 3.36. The second-order valence-electron chi connectivity index (χ2n) is 2.43. The van der Waals surface area contributed by atoms with Crippen LogP contribution in [-0.4, -0.2) is 24.2 Å². The summed E-state index contributed by atoms with van der Waals surface area (Å²) < 4.78 is 0. The Labute approximate surface area is 73.1 Å². The first-order valence-electron chi connectivity index (χ1n) is 3.86. The molecule has 0 aliphatic carbocycles. The van der Waals surface area contributed by atoms with Crippen molar-refractivity contribution in [1.82, 2.24) is 5.32 Å². The molecule has 0 aromatic heterocycles. The van der Waals surface area contributed by atoms with Gasteiger partial charge in [0.2, 0.25) is 5.91 Å². The molecule has 0 fully saturated rings. The van der Waals surface area contributed by atoms with Gasteiger partial charge in [0.25, 0.3) is 0 Å². The highest BCUT2D eigenvalue weighted by Crippen LogP contribution is 1.86. The second-order valence-corrected chi connectivity index (χ2v) is 2.80. The Morgan fingerprint density at radius 3 is 2.82 bits per heavy atom. The van der Waals surface area contributed by atoms with Crippen LogP contribution in [0, 0.1) is 0 Å². The Hall–Kier alpha value is -0.220. The molecule has 3 nitrogen and oxygen atoms in total. The van der Waals surface area contributed by atoms with Crippen LogP contribution in [-0.2, 0) is 4.79 Å². The van der Waals surface area contributed by atoms with Crippen LogP contribution in [0.4, 0.5) is 0 Å². The maximum Gasteiger partial charge on any atom is 0.237 e. The lowest BCUT2D eigenvalue weighted by Crippen LogP contribution is -2.42. The van der Waals surface area contributed by atoms with E-state index in [2.05, 4.69) is 24.9 Å². The molecule has 0 radical (unpaired) electrons. The Kier molecular flexibility index (Phi) is 6.36. The molecule has 1 atom stereocenters. The van der Waals surface area contributed by atoms with Crippen LogP contribution in [0.5, 0.6) is 0 Å². The van der Waals surface area contributed by atoms with Gasteiger partial charge in [0.1, 0.15) is 0 Å². The summed E-state index contributed by atoms with van der Waals surface area (Å²) in [6.45, 7) is 2.79. The molecule has 0 aromatic carbocycles. The highest BCUT2D eigenvalue weighted by Gasteiger charge is 2.08. The molecule has 0 aromatic rings. The van der Waals surface area contributed by atoms with Gasteiger partial charge in [-0.15, -0.1) is 0 Å². The zero-order valence-electron chi connectivity index (χ0n) is 6.84. The number of hydrogen-bond acceptors (Lipinski definition) is 3. The summed E-state index contributed by atoms with van der Waals surface area (Å²) in [5.74, 6) is 0.297. The molecule has 4 heteroatoms. The molecule has 0 unspecified atom stereocenters. The fraction of sp³-hybridized carbons (Fsp3) is 0.857. The zero-order chi connectivity index (χ0) is 8.69. The molecular weight excluding hydrogens is 160 g/mol. The molecule has 0 saturated heterocycles. The smallest absolute Gasteiger partial charge is 0.237 e. The number of carbonyl (C=O) groups excluding carboxylic acids is 1. The van der Waals surface area contributed by atoms with Crippen LogP contribution in [0.15, 0.2) is 0 Å². The van der Waals surface area contributed by atoms with Gasteiger partial charge in [0.15, 0.2) is 0 Å². The van der Waals surface area contributed by atoms with Gasteiger partial charge in [-0.05, 0) is 6.42 Å². The van der Waals surface area contributed by atoms with Gasteiger partial charge < -0.3 is 11.1 Å². The summed E-state index contributed by atoms with van der Waals surface area (Å²) in [5, 5.41) is 2.72. The second kappa shape index (κ2) is 6.49. The number of unbranched alkanes of at least 4 members (excludes halogenated alkanes) is 1. The number of amides is 1. The molecule has 11 heavy (non-hydrogen) atoms. The van der Waals surface area contributed by atoms with E-state index in [1.807, 2.05) is 0 Å². The molecule has 0 rings (SSSR count). The third-order valence-corrected chi connectivity index (χ3v) is 1.76. The van der Waals surface area contributed by atoms with Crippen molar-refractivity contribution in [3.63, 3.8) is 0 Å². The summed E-state index contributed by atoms with van der Waals surface area (Å²) in [6.07, 6.45) is 2.08. The average molecular weight is 176 g/mol. The monoisotopic (exact) mass is 176 g/mol. The van der Waals surface area contributed by atoms with E-state index in [1.54, 1.807) is 0 Å². The van der Waals surface area contributed by atoms with Gasteiger partial charge in [-0.3, -0.25) is 4.79 Å². The van der Waals surface area contributed by atoms with Crippen molar-refractivity contribution < 1.29 is 4.79 Å². The Morgan fingerprint density at radius 2 is 2.36 bits per heavy atom. The molecule has 0 heterocycles. The van der Waals surface area contributed by atoms with Gasteiger partial charge in [0.05, 0.1) is 6.04 Å². The van der Waals surface area contributed by atoms with Crippen LogP contribution in [0.1, 0.15) is 19.8 Å². The number of thiol groups is 1. The van der Waals surface area contributed by atoms with Crippen molar-refractivity contribution >= 4 is 18.5 Å². The highest BCUT2D eigenvalue weighted by molar-refractivity contribution is 7.80. The van der Waals surface area contributed by atoms with E-state index in [0.717, 1.165) is 19.4 Å². The van der Waals surface area contributed by atoms with Crippen LogP contribution >= 0.6 is 12.6 Å². The molecule has 0 bridgehead atoms. The third-order valence-electron chi connectivity index (χ3n) is 1.36. The predicted octanol–water partition coefficient (Wildman–Crippen LogP) is 0.160. The molecule has 0 saturated carbocycles. The fourth-order valence-corrected chi connectivity index (χ4v) is 0.768. The minimum Gasteiger partial charge on any atom is -0.355 e. The fourth-order valence-electron chi connectivity index (χ4n) is 0.602. The topological polar surface area (TPSA) is 55.1 Å². The highest BCUT2D eigenvalue weighted by atomic mass is 32.1. The molecule has 3 N–H and O–H groups in total. The number of nitrogens with two attached hydrogens (primary N) is 1. The maximum atomic E-state index is 11.0. The third kappa shape index (κ3) is 5.09. The maximum absolute atomic E-state index is 11.0. The molecule has 0 aliphatic heterocycles. The Morgan fingerprint density at radius 1 is 1.73 bits per heavy atom. The standard InChI is InChI=1S/C7H16N2OS/c1-2-3-4-9-7(10)6(8)5-11/h6,11H,2-5,8H2,1H3,(H,9,10)/t6-/m0/s1. The number of carbonyl (C=O) groups is 1. The van der Waals surface area contributed by atoms with Gasteiger partial charge in [-0.2, -0.15) is 12.6 Å². The van der Waals surface area contributed by atoms with E-state index in [0.29, 0.717) is 5.75 Å².